The molecule has 28 heavy (non-hydrogen) atoms. The SMILES string of the molecule is CCNC(=NCc1cccc2c1OCO2)N1CCN(C(=O)C2CCCO2)CC1. The number of nitrogens with zero attached hydrogens (tertiary/aromatic N) is 3. The Balaban J connectivity index is 1.38. The molecule has 3 aliphatic rings. The number of rotatable bonds is 4. The number of nitrogens with one attached hydrogen (secondary N) is 1. The predicted molar refractivity (Wildman–Crippen MR) is 105 cm³/mol. The van der Waals surface area contributed by atoms with Crippen molar-refractivity contribution in [2.24, 2.45) is 4.99 Å². The molecule has 0 spiro atoms. The molecule has 4 rings (SSSR count). The second-order valence-corrected chi connectivity index (χ2v) is 7.14. The summed E-state index contributed by atoms with van der Waals surface area (Å²) in [7, 11) is 0. The number of aliphatic imine (C=N–C) groups is 1. The number of amides is 1. The van der Waals surface area contributed by atoms with Gasteiger partial charge in [-0.2, -0.15) is 0 Å². The summed E-state index contributed by atoms with van der Waals surface area (Å²) < 4.78 is 16.6. The van der Waals surface area contributed by atoms with Gasteiger partial charge in [0, 0.05) is 44.9 Å². The van der Waals surface area contributed by atoms with E-state index in [0.29, 0.717) is 26.2 Å². The first kappa shape index (κ1) is 18.9. The second kappa shape index (κ2) is 8.68. The van der Waals surface area contributed by atoms with Crippen molar-refractivity contribution in [3.8, 4) is 11.5 Å². The van der Waals surface area contributed by atoms with Crippen LogP contribution in [0.2, 0.25) is 0 Å². The molecule has 0 aliphatic carbocycles. The van der Waals surface area contributed by atoms with Gasteiger partial charge in [-0.05, 0) is 25.8 Å². The average Bonchev–Trinajstić information content (AvgIpc) is 3.43. The maximum Gasteiger partial charge on any atom is 0.251 e. The van der Waals surface area contributed by atoms with Crippen LogP contribution in [0.5, 0.6) is 11.5 Å². The Bertz CT molecular complexity index is 725. The van der Waals surface area contributed by atoms with Crippen molar-refractivity contribution in [3.63, 3.8) is 0 Å². The van der Waals surface area contributed by atoms with Crippen LogP contribution in [0.4, 0.5) is 0 Å². The number of ether oxygens (including phenoxy) is 3. The largest absolute Gasteiger partial charge is 0.454 e. The van der Waals surface area contributed by atoms with Crippen molar-refractivity contribution >= 4 is 11.9 Å². The Kier molecular flexibility index (Phi) is 5.85. The fourth-order valence-corrected chi connectivity index (χ4v) is 3.82. The van der Waals surface area contributed by atoms with E-state index in [1.165, 1.54) is 0 Å². The predicted octanol–water partition coefficient (Wildman–Crippen LogP) is 1.20. The van der Waals surface area contributed by atoms with E-state index in [1.54, 1.807) is 0 Å². The Hall–Kier alpha value is -2.48. The van der Waals surface area contributed by atoms with Crippen molar-refractivity contribution in [1.82, 2.24) is 15.1 Å². The van der Waals surface area contributed by atoms with Gasteiger partial charge in [-0.25, -0.2) is 4.99 Å². The highest BCUT2D eigenvalue weighted by atomic mass is 16.7. The summed E-state index contributed by atoms with van der Waals surface area (Å²) in [4.78, 5) is 21.5. The summed E-state index contributed by atoms with van der Waals surface area (Å²) in [5, 5.41) is 3.37. The van der Waals surface area contributed by atoms with Crippen molar-refractivity contribution in [2.45, 2.75) is 32.4 Å². The number of fused-ring (bicyclic) bond motifs is 1. The van der Waals surface area contributed by atoms with E-state index in [-0.39, 0.29) is 18.8 Å². The van der Waals surface area contributed by atoms with Crippen LogP contribution < -0.4 is 14.8 Å². The molecule has 0 radical (unpaired) electrons. The molecule has 1 amide bonds. The Morgan fingerprint density at radius 2 is 2.04 bits per heavy atom. The van der Waals surface area contributed by atoms with E-state index < -0.39 is 0 Å². The minimum atomic E-state index is -0.240. The Morgan fingerprint density at radius 3 is 2.79 bits per heavy atom. The van der Waals surface area contributed by atoms with E-state index in [9.17, 15) is 4.79 Å². The van der Waals surface area contributed by atoms with E-state index in [2.05, 4.69) is 17.1 Å². The molecule has 2 saturated heterocycles. The van der Waals surface area contributed by atoms with Crippen LogP contribution in [-0.4, -0.2) is 73.9 Å². The molecule has 152 valence electrons. The number of guanidine groups is 1. The van der Waals surface area contributed by atoms with Gasteiger partial charge in [0.15, 0.2) is 17.5 Å². The summed E-state index contributed by atoms with van der Waals surface area (Å²) in [5.74, 6) is 2.56. The monoisotopic (exact) mass is 388 g/mol. The summed E-state index contributed by atoms with van der Waals surface area (Å²) in [6, 6.07) is 5.88. The van der Waals surface area contributed by atoms with E-state index in [0.717, 1.165) is 55.5 Å². The third kappa shape index (κ3) is 4.01. The number of carbonyl (C=O) groups is 1. The smallest absolute Gasteiger partial charge is 0.251 e. The van der Waals surface area contributed by atoms with E-state index in [1.807, 2.05) is 23.1 Å². The van der Waals surface area contributed by atoms with Crippen LogP contribution in [0, 0.1) is 0 Å². The molecule has 8 nitrogen and oxygen atoms in total. The molecule has 0 aromatic heterocycles. The van der Waals surface area contributed by atoms with E-state index >= 15 is 0 Å². The molecule has 2 fully saturated rings. The molecule has 3 heterocycles. The van der Waals surface area contributed by atoms with Gasteiger partial charge in [0.2, 0.25) is 6.79 Å². The van der Waals surface area contributed by atoms with Gasteiger partial charge in [-0.1, -0.05) is 12.1 Å². The van der Waals surface area contributed by atoms with Crippen LogP contribution in [-0.2, 0) is 16.1 Å². The quantitative estimate of drug-likeness (QED) is 0.617. The number of piperazine rings is 1. The first-order chi connectivity index (χ1) is 13.8. The lowest BCUT2D eigenvalue weighted by molar-refractivity contribution is -0.142. The van der Waals surface area contributed by atoms with Crippen LogP contribution >= 0.6 is 0 Å². The zero-order valence-corrected chi connectivity index (χ0v) is 16.4. The molecule has 3 aliphatic heterocycles. The van der Waals surface area contributed by atoms with Gasteiger partial charge < -0.3 is 29.3 Å². The number of hydrogen-bond donors (Lipinski definition) is 1. The van der Waals surface area contributed by atoms with Crippen molar-refractivity contribution in [3.05, 3.63) is 23.8 Å². The third-order valence-electron chi connectivity index (χ3n) is 5.31. The minimum absolute atomic E-state index is 0.135. The van der Waals surface area contributed by atoms with E-state index in [4.69, 9.17) is 19.2 Å². The standard InChI is InChI=1S/C20H28N4O4/c1-2-21-20(22-13-15-5-3-6-16-18(15)28-14-27-16)24-10-8-23(9-11-24)19(25)17-7-4-12-26-17/h3,5-6,17H,2,4,7-14H2,1H3,(H,21,22). The van der Waals surface area contributed by atoms with Gasteiger partial charge in [0.25, 0.3) is 5.91 Å². The Morgan fingerprint density at radius 1 is 1.21 bits per heavy atom. The lowest BCUT2D eigenvalue weighted by Gasteiger charge is -2.37. The van der Waals surface area contributed by atoms with Crippen LogP contribution in [0.1, 0.15) is 25.3 Å². The molecular weight excluding hydrogens is 360 g/mol. The molecule has 0 saturated carbocycles. The van der Waals surface area contributed by atoms with Crippen molar-refractivity contribution < 1.29 is 19.0 Å². The average molecular weight is 388 g/mol. The zero-order chi connectivity index (χ0) is 19.3. The minimum Gasteiger partial charge on any atom is -0.454 e. The fourth-order valence-electron chi connectivity index (χ4n) is 3.82. The molecule has 1 N–H and O–H groups in total. The molecule has 1 aromatic rings. The zero-order valence-electron chi connectivity index (χ0n) is 16.4. The number of para-hydroxylation sites is 1. The van der Waals surface area contributed by atoms with Crippen LogP contribution in [0.3, 0.4) is 0 Å². The highest BCUT2D eigenvalue weighted by Gasteiger charge is 2.31. The Labute approximate surface area is 165 Å². The normalized spacial score (nSPS) is 21.9. The highest BCUT2D eigenvalue weighted by molar-refractivity contribution is 5.83. The summed E-state index contributed by atoms with van der Waals surface area (Å²) in [5.41, 5.74) is 1.01. The first-order valence-electron chi connectivity index (χ1n) is 10.1. The van der Waals surface area contributed by atoms with Crippen molar-refractivity contribution in [1.29, 1.82) is 0 Å². The topological polar surface area (TPSA) is 75.6 Å². The van der Waals surface area contributed by atoms with Gasteiger partial charge >= 0.3 is 0 Å². The molecule has 8 heteroatoms. The fraction of sp³-hybridized carbons (Fsp3) is 0.600. The number of benzene rings is 1. The molecular formula is C20H28N4O4. The summed E-state index contributed by atoms with van der Waals surface area (Å²) in [6.07, 6.45) is 1.58. The summed E-state index contributed by atoms with van der Waals surface area (Å²) >= 11 is 0. The van der Waals surface area contributed by atoms with Crippen molar-refractivity contribution in [2.75, 3.05) is 46.1 Å². The molecule has 0 bridgehead atoms. The van der Waals surface area contributed by atoms with Crippen LogP contribution in [0.15, 0.2) is 23.2 Å². The second-order valence-electron chi connectivity index (χ2n) is 7.14. The first-order valence-corrected chi connectivity index (χ1v) is 10.1. The van der Waals surface area contributed by atoms with Crippen LogP contribution in [0.25, 0.3) is 0 Å². The number of hydrogen-bond acceptors (Lipinski definition) is 5. The van der Waals surface area contributed by atoms with Gasteiger partial charge in [-0.3, -0.25) is 4.79 Å². The molecule has 1 aromatic carbocycles. The third-order valence-corrected chi connectivity index (χ3v) is 5.31. The summed E-state index contributed by atoms with van der Waals surface area (Å²) in [6.45, 7) is 7.24. The maximum atomic E-state index is 12.5. The number of carbonyl (C=O) groups excluding carboxylic acids is 1. The molecule has 1 unspecified atom stereocenters. The molecule has 1 atom stereocenters. The van der Waals surface area contributed by atoms with Gasteiger partial charge in [-0.15, -0.1) is 0 Å². The maximum absolute atomic E-state index is 12.5. The van der Waals surface area contributed by atoms with Gasteiger partial charge in [0.05, 0.1) is 6.54 Å². The van der Waals surface area contributed by atoms with Gasteiger partial charge in [0.1, 0.15) is 6.10 Å². The lowest BCUT2D eigenvalue weighted by Crippen LogP contribution is -2.55. The lowest BCUT2D eigenvalue weighted by atomic mass is 10.2. The highest BCUT2D eigenvalue weighted by Crippen LogP contribution is 2.35.